The SMILES string of the molecule is CC(C)C(Nc1ccc(F)c(Cl)c1)c1ccccc1. The molecule has 3 heteroatoms. The summed E-state index contributed by atoms with van der Waals surface area (Å²) < 4.78 is 13.2. The van der Waals surface area contributed by atoms with Crippen molar-refractivity contribution in [1.29, 1.82) is 0 Å². The molecule has 1 unspecified atom stereocenters. The minimum Gasteiger partial charge on any atom is -0.378 e. The monoisotopic (exact) mass is 277 g/mol. The fourth-order valence-electron chi connectivity index (χ4n) is 2.06. The van der Waals surface area contributed by atoms with Gasteiger partial charge in [0.1, 0.15) is 5.82 Å². The van der Waals surface area contributed by atoms with Crippen LogP contribution < -0.4 is 5.32 Å². The van der Waals surface area contributed by atoms with Gasteiger partial charge in [-0.2, -0.15) is 0 Å². The minimum absolute atomic E-state index is 0.139. The molecule has 0 heterocycles. The normalized spacial score (nSPS) is 12.5. The zero-order chi connectivity index (χ0) is 13.8. The van der Waals surface area contributed by atoms with Gasteiger partial charge < -0.3 is 5.32 Å². The van der Waals surface area contributed by atoms with Crippen LogP contribution in [0.25, 0.3) is 0 Å². The molecule has 0 fully saturated rings. The molecule has 1 N–H and O–H groups in total. The minimum atomic E-state index is -0.395. The Kier molecular flexibility index (Phi) is 4.43. The summed E-state index contributed by atoms with van der Waals surface area (Å²) in [6, 6.07) is 15.1. The van der Waals surface area contributed by atoms with E-state index in [0.717, 1.165) is 5.69 Å². The second-order valence-electron chi connectivity index (χ2n) is 4.91. The second-order valence-corrected chi connectivity index (χ2v) is 5.31. The number of hydrogen-bond acceptors (Lipinski definition) is 1. The van der Waals surface area contributed by atoms with Gasteiger partial charge in [0.25, 0.3) is 0 Å². The van der Waals surface area contributed by atoms with Crippen molar-refractivity contribution < 1.29 is 4.39 Å². The van der Waals surface area contributed by atoms with Gasteiger partial charge in [0.15, 0.2) is 0 Å². The van der Waals surface area contributed by atoms with Gasteiger partial charge in [0, 0.05) is 5.69 Å². The lowest BCUT2D eigenvalue weighted by Crippen LogP contribution is -2.16. The number of nitrogens with one attached hydrogen (secondary N) is 1. The summed E-state index contributed by atoms with van der Waals surface area (Å²) in [7, 11) is 0. The molecule has 1 nitrogen and oxygen atoms in total. The van der Waals surface area contributed by atoms with Crippen molar-refractivity contribution in [3.8, 4) is 0 Å². The number of halogens is 2. The van der Waals surface area contributed by atoms with Crippen LogP contribution in [-0.4, -0.2) is 0 Å². The Bertz CT molecular complexity index is 540. The third-order valence-corrected chi connectivity index (χ3v) is 3.36. The van der Waals surface area contributed by atoms with Crippen molar-refractivity contribution in [2.45, 2.75) is 19.9 Å². The fourth-order valence-corrected chi connectivity index (χ4v) is 2.24. The standard InChI is InChI=1S/C16H17ClFN/c1-11(2)16(12-6-4-3-5-7-12)19-13-8-9-15(18)14(17)10-13/h3-11,16,19H,1-2H3. The third-order valence-electron chi connectivity index (χ3n) is 3.07. The average Bonchev–Trinajstić information content (AvgIpc) is 2.40. The lowest BCUT2D eigenvalue weighted by Gasteiger charge is -2.24. The molecule has 0 radical (unpaired) electrons. The van der Waals surface area contributed by atoms with Crippen molar-refractivity contribution in [2.75, 3.05) is 5.32 Å². The molecule has 0 saturated carbocycles. The topological polar surface area (TPSA) is 12.0 Å². The Balaban J connectivity index is 2.24. The molecule has 19 heavy (non-hydrogen) atoms. The molecule has 1 atom stereocenters. The first-order valence-corrected chi connectivity index (χ1v) is 6.72. The van der Waals surface area contributed by atoms with Gasteiger partial charge >= 0.3 is 0 Å². The average molecular weight is 278 g/mol. The summed E-state index contributed by atoms with van der Waals surface area (Å²) in [6.45, 7) is 4.30. The highest BCUT2D eigenvalue weighted by atomic mass is 35.5. The Labute approximate surface area is 118 Å². The molecular weight excluding hydrogens is 261 g/mol. The summed E-state index contributed by atoms with van der Waals surface area (Å²) in [6.07, 6.45) is 0. The van der Waals surface area contributed by atoms with E-state index in [9.17, 15) is 4.39 Å². The van der Waals surface area contributed by atoms with E-state index in [2.05, 4.69) is 31.3 Å². The van der Waals surface area contributed by atoms with Crippen LogP contribution in [0.5, 0.6) is 0 Å². The van der Waals surface area contributed by atoms with Crippen LogP contribution >= 0.6 is 11.6 Å². The lowest BCUT2D eigenvalue weighted by molar-refractivity contribution is 0.546. The van der Waals surface area contributed by atoms with Crippen LogP contribution in [0.2, 0.25) is 5.02 Å². The van der Waals surface area contributed by atoms with Crippen LogP contribution in [0.3, 0.4) is 0 Å². The lowest BCUT2D eigenvalue weighted by atomic mass is 9.96. The number of anilines is 1. The van der Waals surface area contributed by atoms with Gasteiger partial charge in [-0.05, 0) is 29.7 Å². The van der Waals surface area contributed by atoms with Crippen molar-refractivity contribution in [3.05, 3.63) is 64.9 Å². The third kappa shape index (κ3) is 3.48. The summed E-state index contributed by atoms with van der Waals surface area (Å²) >= 11 is 5.81. The van der Waals surface area contributed by atoms with E-state index in [1.807, 2.05) is 18.2 Å². The second kappa shape index (κ2) is 6.07. The first kappa shape index (κ1) is 13.9. The quantitative estimate of drug-likeness (QED) is 0.801. The first-order chi connectivity index (χ1) is 9.08. The number of hydrogen-bond donors (Lipinski definition) is 1. The Morgan fingerprint density at radius 2 is 1.74 bits per heavy atom. The van der Waals surface area contributed by atoms with Gasteiger partial charge in [0.2, 0.25) is 0 Å². The largest absolute Gasteiger partial charge is 0.378 e. The van der Waals surface area contributed by atoms with E-state index in [0.29, 0.717) is 5.92 Å². The van der Waals surface area contributed by atoms with E-state index >= 15 is 0 Å². The van der Waals surface area contributed by atoms with E-state index < -0.39 is 5.82 Å². The first-order valence-electron chi connectivity index (χ1n) is 6.34. The highest BCUT2D eigenvalue weighted by Crippen LogP contribution is 2.28. The summed E-state index contributed by atoms with van der Waals surface area (Å²) in [5.74, 6) is 0.0132. The van der Waals surface area contributed by atoms with Crippen LogP contribution in [0, 0.1) is 11.7 Å². The van der Waals surface area contributed by atoms with Gasteiger partial charge in [-0.1, -0.05) is 55.8 Å². The van der Waals surface area contributed by atoms with Gasteiger partial charge in [-0.25, -0.2) is 4.39 Å². The molecule has 0 aliphatic rings. The number of benzene rings is 2. The Morgan fingerprint density at radius 3 is 2.32 bits per heavy atom. The fraction of sp³-hybridized carbons (Fsp3) is 0.250. The Hall–Kier alpha value is -1.54. The van der Waals surface area contributed by atoms with Gasteiger partial charge in [-0.15, -0.1) is 0 Å². The van der Waals surface area contributed by atoms with E-state index in [-0.39, 0.29) is 11.1 Å². The molecule has 0 amide bonds. The summed E-state index contributed by atoms with van der Waals surface area (Å²) in [5.41, 5.74) is 2.03. The smallest absolute Gasteiger partial charge is 0.141 e. The van der Waals surface area contributed by atoms with Crippen molar-refractivity contribution in [1.82, 2.24) is 0 Å². The van der Waals surface area contributed by atoms with Gasteiger partial charge in [0.05, 0.1) is 11.1 Å². The molecule has 0 aromatic heterocycles. The molecule has 2 aromatic carbocycles. The molecular formula is C16H17ClFN. The maximum Gasteiger partial charge on any atom is 0.141 e. The van der Waals surface area contributed by atoms with Crippen molar-refractivity contribution in [2.24, 2.45) is 5.92 Å². The molecule has 0 saturated heterocycles. The predicted octanol–water partition coefficient (Wildman–Crippen LogP) is 5.29. The Morgan fingerprint density at radius 1 is 1.05 bits per heavy atom. The van der Waals surface area contributed by atoms with Crippen molar-refractivity contribution >= 4 is 17.3 Å². The van der Waals surface area contributed by atoms with Crippen molar-refractivity contribution in [3.63, 3.8) is 0 Å². The molecule has 0 aliphatic heterocycles. The molecule has 2 rings (SSSR count). The van der Waals surface area contributed by atoms with Crippen LogP contribution in [0.4, 0.5) is 10.1 Å². The highest BCUT2D eigenvalue weighted by molar-refractivity contribution is 6.31. The predicted molar refractivity (Wildman–Crippen MR) is 79.1 cm³/mol. The van der Waals surface area contributed by atoms with Crippen LogP contribution in [0.15, 0.2) is 48.5 Å². The highest BCUT2D eigenvalue weighted by Gasteiger charge is 2.15. The molecule has 0 aliphatic carbocycles. The van der Waals surface area contributed by atoms with Crippen LogP contribution in [-0.2, 0) is 0 Å². The molecule has 2 aromatic rings. The maximum absolute atomic E-state index is 13.2. The maximum atomic E-state index is 13.2. The summed E-state index contributed by atoms with van der Waals surface area (Å²) in [4.78, 5) is 0. The molecule has 0 bridgehead atoms. The molecule has 100 valence electrons. The summed E-state index contributed by atoms with van der Waals surface area (Å²) in [5, 5.41) is 3.55. The van der Waals surface area contributed by atoms with E-state index in [4.69, 9.17) is 11.6 Å². The van der Waals surface area contributed by atoms with Gasteiger partial charge in [-0.3, -0.25) is 0 Å². The van der Waals surface area contributed by atoms with E-state index in [1.54, 1.807) is 12.1 Å². The number of rotatable bonds is 4. The zero-order valence-electron chi connectivity index (χ0n) is 11.0. The van der Waals surface area contributed by atoms with Crippen LogP contribution in [0.1, 0.15) is 25.5 Å². The molecule has 0 spiro atoms. The van der Waals surface area contributed by atoms with E-state index in [1.165, 1.54) is 11.6 Å². The zero-order valence-corrected chi connectivity index (χ0v) is 11.8.